The minimum absolute atomic E-state index is 0. The van der Waals surface area contributed by atoms with Gasteiger partial charge in [-0.25, -0.2) is 14.4 Å². The molecule has 2 aliphatic rings. The highest BCUT2D eigenvalue weighted by Crippen LogP contribution is 2.26. The number of rotatable bonds is 11. The largest absolute Gasteiger partial charge is 0.382 e. The summed E-state index contributed by atoms with van der Waals surface area (Å²) in [4.78, 5) is 40.7. The highest BCUT2D eigenvalue weighted by molar-refractivity contribution is 6.02. The lowest BCUT2D eigenvalue weighted by Crippen LogP contribution is -2.44. The third-order valence-electron chi connectivity index (χ3n) is 8.78. The van der Waals surface area contributed by atoms with E-state index < -0.39 is 23.7 Å². The van der Waals surface area contributed by atoms with Crippen LogP contribution in [-0.2, 0) is 4.79 Å². The first-order chi connectivity index (χ1) is 22.9. The summed E-state index contributed by atoms with van der Waals surface area (Å²) >= 11 is 0. The van der Waals surface area contributed by atoms with Crippen LogP contribution in [-0.4, -0.2) is 93.7 Å². The molecule has 0 spiro atoms. The van der Waals surface area contributed by atoms with Crippen molar-refractivity contribution < 1.29 is 14.0 Å². The van der Waals surface area contributed by atoms with Crippen molar-refractivity contribution in [2.24, 2.45) is 0 Å². The van der Waals surface area contributed by atoms with Gasteiger partial charge in [-0.15, -0.1) is 12.4 Å². The first-order valence-corrected chi connectivity index (χ1v) is 16.2. The first kappa shape index (κ1) is 34.9. The number of amides is 2. The molecule has 0 unspecified atom stereocenters. The van der Waals surface area contributed by atoms with Gasteiger partial charge in [0.25, 0.3) is 11.8 Å². The fourth-order valence-electron chi connectivity index (χ4n) is 6.13. The molecule has 4 aromatic rings. The van der Waals surface area contributed by atoms with Gasteiger partial charge in [0.2, 0.25) is 0 Å². The van der Waals surface area contributed by atoms with Crippen molar-refractivity contribution in [3.05, 3.63) is 90.3 Å². The van der Waals surface area contributed by atoms with E-state index in [1.807, 2.05) is 16.9 Å². The summed E-state index contributed by atoms with van der Waals surface area (Å²) in [7, 11) is 0. The van der Waals surface area contributed by atoms with Crippen LogP contribution >= 0.6 is 12.4 Å². The molecule has 1 atom stereocenters. The number of carbonyl (C=O) groups is 2. The number of nitrogen functional groups attached to an aromatic ring is 1. The molecule has 2 aromatic heterocycles. The van der Waals surface area contributed by atoms with E-state index in [2.05, 4.69) is 40.8 Å². The maximum absolute atomic E-state index is 13.5. The first-order valence-electron chi connectivity index (χ1n) is 16.2. The Morgan fingerprint density at radius 2 is 1.65 bits per heavy atom. The van der Waals surface area contributed by atoms with E-state index in [1.54, 1.807) is 30.5 Å². The molecule has 2 amide bonds. The third-order valence-corrected chi connectivity index (χ3v) is 8.78. The van der Waals surface area contributed by atoms with Gasteiger partial charge < -0.3 is 31.5 Å². The van der Waals surface area contributed by atoms with Gasteiger partial charge in [0.1, 0.15) is 11.9 Å². The van der Waals surface area contributed by atoms with E-state index in [9.17, 15) is 14.0 Å². The number of hydrogen-bond donors (Lipinski definition) is 4. The number of anilines is 2. The van der Waals surface area contributed by atoms with E-state index in [0.29, 0.717) is 16.9 Å². The van der Waals surface area contributed by atoms with Crippen LogP contribution in [0, 0.1) is 5.82 Å². The molecule has 5 N–H and O–H groups in total. The van der Waals surface area contributed by atoms with Crippen molar-refractivity contribution in [1.29, 1.82) is 0 Å². The van der Waals surface area contributed by atoms with E-state index in [4.69, 9.17) is 5.73 Å². The number of hydrogen-bond acceptors (Lipinski definition) is 9. The van der Waals surface area contributed by atoms with Crippen LogP contribution in [0.3, 0.4) is 0 Å². The normalized spacial score (nSPS) is 16.5. The number of nitrogens with two attached hydrogens (primary N) is 1. The Bertz CT molecular complexity index is 1640. The highest BCUT2D eigenvalue weighted by atomic mass is 35.5. The Morgan fingerprint density at radius 1 is 0.958 bits per heavy atom. The second-order valence-corrected chi connectivity index (χ2v) is 12.0. The second-order valence-electron chi connectivity index (χ2n) is 12.0. The summed E-state index contributed by atoms with van der Waals surface area (Å²) in [6.45, 7) is 8.78. The fourth-order valence-corrected chi connectivity index (χ4v) is 6.13. The molecule has 2 saturated heterocycles. The minimum Gasteiger partial charge on any atom is -0.382 e. The number of piperazine rings is 1. The zero-order valence-corrected chi connectivity index (χ0v) is 27.5. The Hall–Kier alpha value is -4.43. The van der Waals surface area contributed by atoms with Crippen molar-refractivity contribution in [3.8, 4) is 11.3 Å². The predicted molar refractivity (Wildman–Crippen MR) is 185 cm³/mol. The van der Waals surface area contributed by atoms with Gasteiger partial charge >= 0.3 is 0 Å². The van der Waals surface area contributed by atoms with Gasteiger partial charge in [-0.05, 0) is 62.2 Å². The number of nitrogens with one attached hydrogen (secondary N) is 3. The van der Waals surface area contributed by atoms with Crippen LogP contribution in [0.4, 0.5) is 15.9 Å². The number of piperidine rings is 1. The molecule has 254 valence electrons. The van der Waals surface area contributed by atoms with Crippen LogP contribution in [0.25, 0.3) is 11.3 Å². The molecule has 14 heteroatoms. The van der Waals surface area contributed by atoms with Crippen molar-refractivity contribution in [3.63, 3.8) is 0 Å². The molecule has 6 rings (SSSR count). The van der Waals surface area contributed by atoms with Crippen LogP contribution in [0.15, 0.2) is 73.2 Å². The molecule has 2 aliphatic heterocycles. The topological polar surface area (TPSA) is 146 Å². The summed E-state index contributed by atoms with van der Waals surface area (Å²) < 4.78 is 15.4. The lowest BCUT2D eigenvalue weighted by atomic mass is 10.0. The van der Waals surface area contributed by atoms with Crippen LogP contribution in [0.2, 0.25) is 0 Å². The number of benzene rings is 2. The molecule has 0 bridgehead atoms. The van der Waals surface area contributed by atoms with Crippen molar-refractivity contribution >= 4 is 35.7 Å². The molecule has 2 fully saturated rings. The van der Waals surface area contributed by atoms with Crippen molar-refractivity contribution in [2.75, 3.05) is 63.4 Å². The number of halogens is 2. The van der Waals surface area contributed by atoms with E-state index in [0.717, 1.165) is 70.8 Å². The van der Waals surface area contributed by atoms with E-state index in [-0.39, 0.29) is 30.0 Å². The average molecular weight is 677 g/mol. The minimum atomic E-state index is -1.07. The molecular formula is C34H42ClFN10O2. The number of aromatic nitrogens is 4. The van der Waals surface area contributed by atoms with Crippen LogP contribution < -0.4 is 21.7 Å². The van der Waals surface area contributed by atoms with Gasteiger partial charge in [-0.3, -0.25) is 14.3 Å². The zero-order valence-electron chi connectivity index (χ0n) is 26.7. The Kier molecular flexibility index (Phi) is 12.1. The average Bonchev–Trinajstić information content (AvgIpc) is 3.60. The molecular weight excluding hydrogens is 635 g/mol. The van der Waals surface area contributed by atoms with Gasteiger partial charge in [0.05, 0.1) is 24.1 Å². The second kappa shape index (κ2) is 16.6. The smallest absolute Gasteiger partial charge is 0.274 e. The molecule has 12 nitrogen and oxygen atoms in total. The van der Waals surface area contributed by atoms with Gasteiger partial charge in [0, 0.05) is 56.7 Å². The summed E-state index contributed by atoms with van der Waals surface area (Å²) in [5, 5.41) is 13.5. The molecule has 0 radical (unpaired) electrons. The Morgan fingerprint density at radius 3 is 2.35 bits per heavy atom. The van der Waals surface area contributed by atoms with E-state index in [1.165, 1.54) is 36.9 Å². The zero-order chi connectivity index (χ0) is 32.6. The molecule has 0 saturated carbocycles. The third kappa shape index (κ3) is 8.92. The lowest BCUT2D eigenvalue weighted by Gasteiger charge is -2.33. The number of nitrogens with zero attached hydrogens (tertiary/aromatic N) is 6. The highest BCUT2D eigenvalue weighted by Gasteiger charge is 2.27. The fraction of sp³-hybridized carbons (Fsp3) is 0.382. The maximum atomic E-state index is 13.5. The Labute approximate surface area is 285 Å². The van der Waals surface area contributed by atoms with Gasteiger partial charge in [-0.1, -0.05) is 30.3 Å². The van der Waals surface area contributed by atoms with E-state index >= 15 is 0 Å². The van der Waals surface area contributed by atoms with Gasteiger partial charge in [-0.2, -0.15) is 5.10 Å². The maximum Gasteiger partial charge on any atom is 0.274 e. The molecule has 0 aliphatic carbocycles. The summed E-state index contributed by atoms with van der Waals surface area (Å²) in [5.41, 5.74) is 8.12. The monoisotopic (exact) mass is 676 g/mol. The summed E-state index contributed by atoms with van der Waals surface area (Å²) in [5.74, 6) is -1.65. The summed E-state index contributed by atoms with van der Waals surface area (Å²) in [6.07, 6.45) is 8.39. The van der Waals surface area contributed by atoms with Crippen LogP contribution in [0.5, 0.6) is 0 Å². The predicted octanol–water partition coefficient (Wildman–Crippen LogP) is 3.53. The Balaban J connectivity index is 0.00000451. The van der Waals surface area contributed by atoms with Crippen molar-refractivity contribution in [1.82, 2.24) is 40.2 Å². The number of carbonyl (C=O) groups excluding carboxylic acids is 2. The molecule has 4 heterocycles. The van der Waals surface area contributed by atoms with Gasteiger partial charge in [0.15, 0.2) is 11.5 Å². The lowest BCUT2D eigenvalue weighted by molar-refractivity contribution is -0.118. The quantitative estimate of drug-likeness (QED) is 0.187. The number of likely N-dealkylation sites (tertiary alicyclic amines) is 1. The van der Waals surface area contributed by atoms with Crippen molar-refractivity contribution in [2.45, 2.75) is 31.3 Å². The van der Waals surface area contributed by atoms with Crippen LogP contribution in [0.1, 0.15) is 47.4 Å². The molecule has 2 aromatic carbocycles. The standard InChI is InChI=1S/C34H41FN10O2.ClH/c35-26-7-9-27(10-8-26)40-33(46)30(24-5-2-1-3-6-24)42-34(47)31-32(36)38-22-29(41-31)25-21-39-45(23-25)28-11-17-43(18-12-28)15-4-16-44-19-13-37-14-20-44;/h1-3,5-10,21-23,28,30,37H,4,11-20H2,(H2,36,38)(H,40,46)(H,42,47);1H/t30-;/m1./s1. The molecule has 48 heavy (non-hydrogen) atoms. The summed E-state index contributed by atoms with van der Waals surface area (Å²) in [6, 6.07) is 13.4. The SMILES string of the molecule is Cl.Nc1ncc(-c2cnn(C3CCN(CCCN4CCNCC4)CC3)c2)nc1C(=O)N[C@@H](C(=O)Nc1ccc(F)cc1)c1ccccc1.